The van der Waals surface area contributed by atoms with E-state index in [9.17, 15) is 0 Å². The Bertz CT molecular complexity index is 198. The predicted octanol–water partition coefficient (Wildman–Crippen LogP) is 1.73. The quantitative estimate of drug-likeness (QED) is 0.485. The van der Waals surface area contributed by atoms with Gasteiger partial charge in [-0.15, -0.1) is 34.1 Å². The number of unbranched alkanes of at least 4 members (excludes halogenated alkanes) is 1. The summed E-state index contributed by atoms with van der Waals surface area (Å²) in [4.78, 5) is 12.9. The summed E-state index contributed by atoms with van der Waals surface area (Å²) in [5, 5.41) is 13.6. The van der Waals surface area contributed by atoms with Crippen molar-refractivity contribution in [3.63, 3.8) is 0 Å². The SMILES string of the molecule is CCCCN1C=CN(C)C1.I.O=[N+]([O-])O. The first-order valence-corrected chi connectivity index (χ1v) is 4.52. The molecule has 0 unspecified atom stereocenters. The van der Waals surface area contributed by atoms with Crippen LogP contribution in [0.15, 0.2) is 12.4 Å². The van der Waals surface area contributed by atoms with Crippen molar-refractivity contribution < 1.29 is 10.3 Å². The van der Waals surface area contributed by atoms with Crippen molar-refractivity contribution in [2.45, 2.75) is 19.8 Å². The van der Waals surface area contributed by atoms with Crippen molar-refractivity contribution in [2.75, 3.05) is 20.3 Å². The Morgan fingerprint density at radius 1 is 1.53 bits per heavy atom. The smallest absolute Gasteiger partial charge is 0.291 e. The zero-order valence-electron chi connectivity index (χ0n) is 9.00. The number of rotatable bonds is 3. The van der Waals surface area contributed by atoms with Gasteiger partial charge in [0.15, 0.2) is 0 Å². The number of hydrogen-bond acceptors (Lipinski definition) is 4. The molecular weight excluding hydrogens is 313 g/mol. The monoisotopic (exact) mass is 331 g/mol. The van der Waals surface area contributed by atoms with Gasteiger partial charge in [0.2, 0.25) is 0 Å². The van der Waals surface area contributed by atoms with Gasteiger partial charge in [-0.05, 0) is 6.42 Å². The van der Waals surface area contributed by atoms with E-state index in [1.807, 2.05) is 0 Å². The van der Waals surface area contributed by atoms with Crippen LogP contribution in [0.1, 0.15) is 19.8 Å². The maximum Gasteiger partial charge on any atom is 0.291 e. The lowest BCUT2D eigenvalue weighted by molar-refractivity contribution is -0.742. The molecule has 1 rings (SSSR count). The van der Waals surface area contributed by atoms with Gasteiger partial charge in [0, 0.05) is 26.0 Å². The summed E-state index contributed by atoms with van der Waals surface area (Å²) in [7, 11) is 2.10. The minimum Gasteiger partial charge on any atom is -0.362 e. The largest absolute Gasteiger partial charge is 0.362 e. The highest BCUT2D eigenvalue weighted by Crippen LogP contribution is 2.04. The highest BCUT2D eigenvalue weighted by Gasteiger charge is 2.05. The predicted molar refractivity (Wildman–Crippen MR) is 67.6 cm³/mol. The van der Waals surface area contributed by atoms with Gasteiger partial charge in [-0.25, -0.2) is 0 Å². The molecule has 0 aliphatic carbocycles. The molecule has 1 aliphatic heterocycles. The van der Waals surface area contributed by atoms with Crippen LogP contribution >= 0.6 is 24.0 Å². The van der Waals surface area contributed by atoms with E-state index in [4.69, 9.17) is 15.3 Å². The zero-order valence-corrected chi connectivity index (χ0v) is 11.3. The normalized spacial score (nSPS) is 12.9. The van der Waals surface area contributed by atoms with E-state index in [1.165, 1.54) is 19.4 Å². The molecule has 0 bridgehead atoms. The standard InChI is InChI=1S/C8H16N2.HI.HNO3/c1-3-4-5-10-7-6-9(2)8-10;;2-1(3)4/h6-7H,3-5,8H2,1-2H3;1H;(H,2,3,4). The van der Waals surface area contributed by atoms with Crippen LogP contribution in [-0.4, -0.2) is 40.4 Å². The molecule has 6 nitrogen and oxygen atoms in total. The molecule has 0 aromatic rings. The zero-order chi connectivity index (χ0) is 11.0. The molecule has 0 radical (unpaired) electrons. The number of nitrogens with zero attached hydrogens (tertiary/aromatic N) is 3. The van der Waals surface area contributed by atoms with Crippen molar-refractivity contribution in [3.05, 3.63) is 22.5 Å². The summed E-state index contributed by atoms with van der Waals surface area (Å²) in [6.45, 7) is 4.50. The first-order valence-electron chi connectivity index (χ1n) is 4.52. The minimum absolute atomic E-state index is 0. The average Bonchev–Trinajstić information content (AvgIpc) is 2.47. The number of halogens is 1. The van der Waals surface area contributed by atoms with E-state index in [0.717, 1.165) is 6.67 Å². The van der Waals surface area contributed by atoms with Crippen LogP contribution in [0, 0.1) is 10.1 Å². The Morgan fingerprint density at radius 3 is 2.40 bits per heavy atom. The van der Waals surface area contributed by atoms with E-state index >= 15 is 0 Å². The molecule has 0 saturated heterocycles. The van der Waals surface area contributed by atoms with Crippen LogP contribution in [0.3, 0.4) is 0 Å². The third-order valence-corrected chi connectivity index (χ3v) is 1.74. The van der Waals surface area contributed by atoms with Crippen molar-refractivity contribution in [1.29, 1.82) is 0 Å². The van der Waals surface area contributed by atoms with Crippen molar-refractivity contribution in [1.82, 2.24) is 9.80 Å². The van der Waals surface area contributed by atoms with E-state index in [1.54, 1.807) is 0 Å². The second-order valence-corrected chi connectivity index (χ2v) is 3.10. The molecule has 0 saturated carbocycles. The fourth-order valence-corrected chi connectivity index (χ4v) is 1.10. The van der Waals surface area contributed by atoms with Crippen LogP contribution < -0.4 is 0 Å². The van der Waals surface area contributed by atoms with Gasteiger partial charge >= 0.3 is 0 Å². The topological polar surface area (TPSA) is 69.9 Å². The molecule has 0 aromatic carbocycles. The Balaban J connectivity index is 0. The second kappa shape index (κ2) is 9.81. The molecule has 7 heteroatoms. The van der Waals surface area contributed by atoms with Gasteiger partial charge < -0.3 is 15.0 Å². The highest BCUT2D eigenvalue weighted by molar-refractivity contribution is 14.0. The lowest BCUT2D eigenvalue weighted by atomic mass is 10.3. The summed E-state index contributed by atoms with van der Waals surface area (Å²) in [6, 6.07) is 0. The van der Waals surface area contributed by atoms with Crippen LogP contribution in [0.5, 0.6) is 0 Å². The molecule has 0 amide bonds. The van der Waals surface area contributed by atoms with E-state index in [2.05, 4.69) is 36.2 Å². The third-order valence-electron chi connectivity index (χ3n) is 1.74. The average molecular weight is 331 g/mol. The Morgan fingerprint density at radius 2 is 2.07 bits per heavy atom. The van der Waals surface area contributed by atoms with Gasteiger partial charge in [0.25, 0.3) is 5.09 Å². The van der Waals surface area contributed by atoms with Crippen LogP contribution in [0.4, 0.5) is 0 Å². The van der Waals surface area contributed by atoms with Gasteiger partial charge in [0.1, 0.15) is 0 Å². The molecule has 1 N–H and O–H groups in total. The second-order valence-electron chi connectivity index (χ2n) is 3.10. The first kappa shape index (κ1) is 16.7. The lowest BCUT2D eigenvalue weighted by Crippen LogP contribution is -2.23. The van der Waals surface area contributed by atoms with Crippen LogP contribution in [-0.2, 0) is 0 Å². The van der Waals surface area contributed by atoms with Crippen LogP contribution in [0.25, 0.3) is 0 Å². The molecule has 0 atom stereocenters. The summed E-state index contributed by atoms with van der Waals surface area (Å²) in [5.74, 6) is 0. The fraction of sp³-hybridized carbons (Fsp3) is 0.750. The van der Waals surface area contributed by atoms with Gasteiger partial charge in [-0.3, -0.25) is 0 Å². The van der Waals surface area contributed by atoms with E-state index in [-0.39, 0.29) is 24.0 Å². The Hall–Kier alpha value is -0.730. The molecular formula is C8H18IN3O3. The Labute approximate surface area is 107 Å². The summed E-state index contributed by atoms with van der Waals surface area (Å²) in [6.07, 6.45) is 6.87. The van der Waals surface area contributed by atoms with Gasteiger partial charge in [0.05, 0.1) is 6.67 Å². The molecule has 15 heavy (non-hydrogen) atoms. The molecule has 0 aromatic heterocycles. The summed E-state index contributed by atoms with van der Waals surface area (Å²) < 4.78 is 0. The maximum atomic E-state index is 8.36. The van der Waals surface area contributed by atoms with Crippen molar-refractivity contribution in [3.8, 4) is 0 Å². The molecule has 0 fully saturated rings. The summed E-state index contributed by atoms with van der Waals surface area (Å²) >= 11 is 0. The molecule has 90 valence electrons. The van der Waals surface area contributed by atoms with Crippen molar-refractivity contribution in [2.24, 2.45) is 0 Å². The van der Waals surface area contributed by atoms with E-state index in [0.29, 0.717) is 0 Å². The minimum atomic E-state index is -1.50. The highest BCUT2D eigenvalue weighted by atomic mass is 127. The van der Waals surface area contributed by atoms with E-state index < -0.39 is 5.09 Å². The van der Waals surface area contributed by atoms with Gasteiger partial charge in [-0.1, -0.05) is 13.3 Å². The van der Waals surface area contributed by atoms with Crippen LogP contribution in [0.2, 0.25) is 0 Å². The van der Waals surface area contributed by atoms with Crippen molar-refractivity contribution >= 4 is 24.0 Å². The fourth-order valence-electron chi connectivity index (χ4n) is 1.10. The third kappa shape index (κ3) is 11.2. The first-order chi connectivity index (χ1) is 6.56. The molecule has 1 heterocycles. The Kier molecular flexibility index (Phi) is 10.9. The maximum absolute atomic E-state index is 8.36. The number of hydrogen-bond donors (Lipinski definition) is 1. The molecule has 0 spiro atoms. The van der Waals surface area contributed by atoms with Gasteiger partial charge in [-0.2, -0.15) is 0 Å². The lowest BCUT2D eigenvalue weighted by Gasteiger charge is -2.17. The molecule has 1 aliphatic rings. The summed E-state index contributed by atoms with van der Waals surface area (Å²) in [5.41, 5.74) is 0.